The molecule has 0 amide bonds. The Hall–Kier alpha value is -1.94. The number of anilines is 1. The van der Waals surface area contributed by atoms with E-state index in [1.165, 1.54) is 11.1 Å². The highest BCUT2D eigenvalue weighted by Gasteiger charge is 2.24. The number of hydrogen-bond donors (Lipinski definition) is 1. The van der Waals surface area contributed by atoms with E-state index in [1.807, 2.05) is 18.5 Å². The second kappa shape index (κ2) is 12.3. The maximum atomic E-state index is 5.08. The Bertz CT molecular complexity index is 852. The summed E-state index contributed by atoms with van der Waals surface area (Å²) in [5.41, 5.74) is 2.98. The number of nitrogens with zero attached hydrogens (tertiary/aromatic N) is 6. The zero-order valence-electron chi connectivity index (χ0n) is 19.3. The molecule has 174 valence electrons. The predicted molar refractivity (Wildman–Crippen MR) is 142 cm³/mol. The van der Waals surface area contributed by atoms with Crippen molar-refractivity contribution >= 4 is 35.9 Å². The van der Waals surface area contributed by atoms with Crippen LogP contribution in [0.5, 0.6) is 0 Å². The fraction of sp³-hybridized carbons (Fsp3) is 0.542. The molecule has 2 aliphatic heterocycles. The van der Waals surface area contributed by atoms with Crippen LogP contribution in [0.3, 0.4) is 0 Å². The Morgan fingerprint density at radius 1 is 1.00 bits per heavy atom. The van der Waals surface area contributed by atoms with E-state index in [2.05, 4.69) is 68.1 Å². The SMILES string of the molecule is CCNC(=NCC(CC)N1CCc2ccccc2C1)N1CCN(c2ncccn2)CC1.I. The van der Waals surface area contributed by atoms with E-state index in [-0.39, 0.29) is 24.0 Å². The molecular weight excluding hydrogens is 513 g/mol. The molecule has 1 aromatic carbocycles. The number of piperazine rings is 1. The van der Waals surface area contributed by atoms with Gasteiger partial charge in [0.05, 0.1) is 6.54 Å². The van der Waals surface area contributed by atoms with Crippen molar-refractivity contribution in [2.24, 2.45) is 4.99 Å². The number of halogens is 1. The fourth-order valence-corrected chi connectivity index (χ4v) is 4.52. The third-order valence-corrected chi connectivity index (χ3v) is 6.35. The number of hydrogen-bond acceptors (Lipinski definition) is 5. The van der Waals surface area contributed by atoms with E-state index in [0.29, 0.717) is 6.04 Å². The van der Waals surface area contributed by atoms with Crippen LogP contribution in [0.25, 0.3) is 0 Å². The number of guanidine groups is 1. The number of rotatable bonds is 6. The molecule has 2 aromatic rings. The van der Waals surface area contributed by atoms with Gasteiger partial charge in [0.2, 0.25) is 5.95 Å². The van der Waals surface area contributed by atoms with Crippen molar-refractivity contribution in [1.29, 1.82) is 0 Å². The number of aliphatic imine (C=N–C) groups is 1. The summed E-state index contributed by atoms with van der Waals surface area (Å²) in [6.45, 7) is 12.0. The molecule has 7 nitrogen and oxygen atoms in total. The Labute approximate surface area is 209 Å². The topological polar surface area (TPSA) is 59.9 Å². The van der Waals surface area contributed by atoms with Gasteiger partial charge in [-0.25, -0.2) is 9.97 Å². The van der Waals surface area contributed by atoms with Crippen molar-refractivity contribution in [2.45, 2.75) is 39.3 Å². The lowest BCUT2D eigenvalue weighted by molar-refractivity contribution is 0.178. The van der Waals surface area contributed by atoms with Crippen molar-refractivity contribution in [1.82, 2.24) is 25.1 Å². The van der Waals surface area contributed by atoms with E-state index in [9.17, 15) is 0 Å². The van der Waals surface area contributed by atoms with Gasteiger partial charge in [-0.05, 0) is 37.0 Å². The third-order valence-electron chi connectivity index (χ3n) is 6.35. The standard InChI is InChI=1S/C24H35N7.HI/c1-3-22(31-13-10-20-8-5-6-9-21(20)19-31)18-28-23(25-4-2)29-14-16-30(17-15-29)24-26-11-7-12-27-24;/h5-9,11-12,22H,3-4,10,13-19H2,1-2H3,(H,25,28);1H. The van der Waals surface area contributed by atoms with Crippen molar-refractivity contribution in [2.75, 3.05) is 50.7 Å². The maximum Gasteiger partial charge on any atom is 0.225 e. The lowest BCUT2D eigenvalue weighted by Gasteiger charge is -2.37. The summed E-state index contributed by atoms with van der Waals surface area (Å²) in [5.74, 6) is 1.85. The van der Waals surface area contributed by atoms with Gasteiger partial charge in [-0.2, -0.15) is 0 Å². The summed E-state index contributed by atoms with van der Waals surface area (Å²) >= 11 is 0. The molecule has 1 fully saturated rings. The molecule has 2 aliphatic rings. The van der Waals surface area contributed by atoms with Gasteiger partial charge >= 0.3 is 0 Å². The van der Waals surface area contributed by atoms with Crippen LogP contribution in [0.2, 0.25) is 0 Å². The number of nitrogens with one attached hydrogen (secondary N) is 1. The van der Waals surface area contributed by atoms with Gasteiger partial charge in [0.15, 0.2) is 5.96 Å². The summed E-state index contributed by atoms with van der Waals surface area (Å²) in [7, 11) is 0. The Kier molecular flexibility index (Phi) is 9.52. The van der Waals surface area contributed by atoms with Crippen LogP contribution in [0.15, 0.2) is 47.7 Å². The molecule has 1 saturated heterocycles. The largest absolute Gasteiger partial charge is 0.357 e. The molecule has 1 N–H and O–H groups in total. The second-order valence-electron chi connectivity index (χ2n) is 8.27. The van der Waals surface area contributed by atoms with Crippen LogP contribution >= 0.6 is 24.0 Å². The molecule has 1 aromatic heterocycles. The summed E-state index contributed by atoms with van der Waals surface area (Å²) in [6.07, 6.45) is 5.87. The Morgan fingerprint density at radius 3 is 2.41 bits per heavy atom. The second-order valence-corrected chi connectivity index (χ2v) is 8.27. The third kappa shape index (κ3) is 6.10. The van der Waals surface area contributed by atoms with Gasteiger partial charge in [-0.3, -0.25) is 9.89 Å². The number of fused-ring (bicyclic) bond motifs is 1. The minimum atomic E-state index is 0. The van der Waals surface area contributed by atoms with E-state index in [4.69, 9.17) is 4.99 Å². The molecule has 32 heavy (non-hydrogen) atoms. The quantitative estimate of drug-likeness (QED) is 0.340. The lowest BCUT2D eigenvalue weighted by Crippen LogP contribution is -2.53. The van der Waals surface area contributed by atoms with Crippen LogP contribution in [0, 0.1) is 0 Å². The monoisotopic (exact) mass is 549 g/mol. The van der Waals surface area contributed by atoms with Crippen LogP contribution in [0.4, 0.5) is 5.95 Å². The first-order chi connectivity index (χ1) is 15.3. The number of aromatic nitrogens is 2. The van der Waals surface area contributed by atoms with Crippen LogP contribution in [-0.2, 0) is 13.0 Å². The lowest BCUT2D eigenvalue weighted by atomic mass is 9.98. The number of benzene rings is 1. The first kappa shape index (κ1) is 24.7. The summed E-state index contributed by atoms with van der Waals surface area (Å²) < 4.78 is 0. The molecule has 3 heterocycles. The highest BCUT2D eigenvalue weighted by atomic mass is 127. The molecule has 1 unspecified atom stereocenters. The maximum absolute atomic E-state index is 5.08. The van der Waals surface area contributed by atoms with Crippen molar-refractivity contribution < 1.29 is 0 Å². The highest BCUT2D eigenvalue weighted by Crippen LogP contribution is 2.21. The minimum Gasteiger partial charge on any atom is -0.357 e. The first-order valence-corrected chi connectivity index (χ1v) is 11.6. The van der Waals surface area contributed by atoms with Gasteiger partial charge in [0.25, 0.3) is 0 Å². The first-order valence-electron chi connectivity index (χ1n) is 11.6. The average molecular weight is 550 g/mol. The molecule has 0 bridgehead atoms. The molecule has 0 aliphatic carbocycles. The van der Waals surface area contributed by atoms with Gasteiger partial charge in [0.1, 0.15) is 0 Å². The zero-order chi connectivity index (χ0) is 21.5. The van der Waals surface area contributed by atoms with Gasteiger partial charge in [-0.15, -0.1) is 24.0 Å². The smallest absolute Gasteiger partial charge is 0.225 e. The molecule has 0 spiro atoms. The molecule has 1 atom stereocenters. The average Bonchev–Trinajstić information content (AvgIpc) is 2.84. The normalized spacial score (nSPS) is 18.0. The summed E-state index contributed by atoms with van der Waals surface area (Å²) in [5, 5.41) is 3.51. The molecule has 4 rings (SSSR count). The molecule has 0 radical (unpaired) electrons. The van der Waals surface area contributed by atoms with E-state index in [1.54, 1.807) is 0 Å². The zero-order valence-corrected chi connectivity index (χ0v) is 21.6. The van der Waals surface area contributed by atoms with Crippen molar-refractivity contribution in [3.63, 3.8) is 0 Å². The van der Waals surface area contributed by atoms with Crippen LogP contribution in [-0.4, -0.2) is 77.6 Å². The van der Waals surface area contributed by atoms with Crippen LogP contribution in [0.1, 0.15) is 31.4 Å². The summed E-state index contributed by atoms with van der Waals surface area (Å²) in [6, 6.07) is 11.2. The van der Waals surface area contributed by atoms with Crippen molar-refractivity contribution in [3.05, 3.63) is 53.9 Å². The highest BCUT2D eigenvalue weighted by molar-refractivity contribution is 14.0. The van der Waals surface area contributed by atoms with E-state index < -0.39 is 0 Å². The van der Waals surface area contributed by atoms with Crippen molar-refractivity contribution in [3.8, 4) is 0 Å². The molecule has 0 saturated carbocycles. The van der Waals surface area contributed by atoms with E-state index in [0.717, 1.165) is 77.1 Å². The van der Waals surface area contributed by atoms with E-state index >= 15 is 0 Å². The Morgan fingerprint density at radius 2 is 1.72 bits per heavy atom. The predicted octanol–water partition coefficient (Wildman–Crippen LogP) is 3.02. The van der Waals surface area contributed by atoms with Gasteiger partial charge in [-0.1, -0.05) is 31.2 Å². The van der Waals surface area contributed by atoms with Gasteiger partial charge < -0.3 is 15.1 Å². The minimum absolute atomic E-state index is 0. The van der Waals surface area contributed by atoms with Crippen LogP contribution < -0.4 is 10.2 Å². The molecule has 8 heteroatoms. The molecular formula is C24H36IN7. The summed E-state index contributed by atoms with van der Waals surface area (Å²) in [4.78, 5) is 21.1. The Balaban J connectivity index is 0.00000289. The fourth-order valence-electron chi connectivity index (χ4n) is 4.52. The van der Waals surface area contributed by atoms with Gasteiger partial charge in [0, 0.05) is 64.2 Å².